The van der Waals surface area contributed by atoms with Gasteiger partial charge in [0.05, 0.1) is 13.2 Å². The molecular weight excluding hydrogens is 228 g/mol. The first-order valence-electron chi connectivity index (χ1n) is 6.37. The van der Waals surface area contributed by atoms with Gasteiger partial charge in [-0.2, -0.15) is 0 Å². The van der Waals surface area contributed by atoms with Gasteiger partial charge < -0.3 is 4.74 Å². The van der Waals surface area contributed by atoms with Gasteiger partial charge >= 0.3 is 0 Å². The Morgan fingerprint density at radius 2 is 1.65 bits per heavy atom. The summed E-state index contributed by atoms with van der Waals surface area (Å²) in [7, 11) is 0.552. The highest BCUT2D eigenvalue weighted by molar-refractivity contribution is 7.96. The topological polar surface area (TPSA) is 9.23 Å². The van der Waals surface area contributed by atoms with E-state index in [9.17, 15) is 0 Å². The summed E-state index contributed by atoms with van der Waals surface area (Å²) in [6.07, 6.45) is 0. The number of hydrogen-bond donors (Lipinski definition) is 0. The summed E-state index contributed by atoms with van der Waals surface area (Å²) in [5.41, 5.74) is 3.18. The van der Waals surface area contributed by atoms with E-state index in [4.69, 9.17) is 4.74 Å². The van der Waals surface area contributed by atoms with Crippen LogP contribution in [-0.4, -0.2) is 24.7 Å². The molecule has 2 heteroatoms. The smallest absolute Gasteiger partial charge is 0.133 e. The summed E-state index contributed by atoms with van der Waals surface area (Å²) in [5.74, 6) is 3.75. The van der Waals surface area contributed by atoms with Gasteiger partial charge in [0, 0.05) is 5.56 Å². The first-order chi connectivity index (χ1) is 8.05. The minimum atomic E-state index is 0.263. The SMILES string of the molecule is CC(C)(C)c1ccc(C[S+]2CCOCC2)cc1. The highest BCUT2D eigenvalue weighted by Crippen LogP contribution is 2.23. The molecule has 1 aromatic rings. The molecule has 1 aromatic carbocycles. The molecule has 0 N–H and O–H groups in total. The summed E-state index contributed by atoms with van der Waals surface area (Å²) in [5, 5.41) is 0. The molecule has 0 unspecified atom stereocenters. The predicted molar refractivity (Wildman–Crippen MR) is 76.8 cm³/mol. The Morgan fingerprint density at radius 3 is 2.18 bits per heavy atom. The second-order valence-corrected chi connectivity index (χ2v) is 8.05. The molecule has 1 saturated heterocycles. The third kappa shape index (κ3) is 3.75. The normalized spacial score (nSPS) is 18.3. The van der Waals surface area contributed by atoms with E-state index in [-0.39, 0.29) is 5.41 Å². The maximum absolute atomic E-state index is 5.41. The minimum Gasteiger partial charge on any atom is -0.372 e. The lowest BCUT2D eigenvalue weighted by molar-refractivity contribution is 0.159. The van der Waals surface area contributed by atoms with Crippen LogP contribution in [-0.2, 0) is 26.8 Å². The highest BCUT2D eigenvalue weighted by atomic mass is 32.2. The molecular formula is C15H23OS+. The van der Waals surface area contributed by atoms with E-state index in [2.05, 4.69) is 45.0 Å². The van der Waals surface area contributed by atoms with Crippen molar-refractivity contribution in [1.82, 2.24) is 0 Å². The lowest BCUT2D eigenvalue weighted by atomic mass is 9.87. The van der Waals surface area contributed by atoms with Crippen molar-refractivity contribution in [3.63, 3.8) is 0 Å². The largest absolute Gasteiger partial charge is 0.372 e. The molecule has 94 valence electrons. The molecule has 17 heavy (non-hydrogen) atoms. The molecule has 0 radical (unpaired) electrons. The van der Waals surface area contributed by atoms with Gasteiger partial charge in [0.1, 0.15) is 17.3 Å². The Bertz CT molecular complexity index is 344. The van der Waals surface area contributed by atoms with Crippen molar-refractivity contribution < 1.29 is 4.74 Å². The van der Waals surface area contributed by atoms with Crippen LogP contribution in [0, 0.1) is 0 Å². The Kier molecular flexibility index (Phi) is 4.16. The lowest BCUT2D eigenvalue weighted by Gasteiger charge is -2.19. The zero-order valence-corrected chi connectivity index (χ0v) is 12.0. The van der Waals surface area contributed by atoms with Crippen LogP contribution in [0.4, 0.5) is 0 Å². The summed E-state index contributed by atoms with van der Waals surface area (Å²) >= 11 is 0. The van der Waals surface area contributed by atoms with Crippen LogP contribution in [0.15, 0.2) is 24.3 Å². The molecule has 0 spiro atoms. The number of ether oxygens (including phenoxy) is 1. The summed E-state index contributed by atoms with van der Waals surface area (Å²) in [6, 6.07) is 9.20. The highest BCUT2D eigenvalue weighted by Gasteiger charge is 2.22. The van der Waals surface area contributed by atoms with Crippen LogP contribution in [0.2, 0.25) is 0 Å². The van der Waals surface area contributed by atoms with Gasteiger partial charge in [-0.05, 0) is 21.9 Å². The summed E-state index contributed by atoms with van der Waals surface area (Å²) < 4.78 is 5.41. The molecule has 0 saturated carbocycles. The van der Waals surface area contributed by atoms with Crippen LogP contribution in [0.5, 0.6) is 0 Å². The standard InChI is InChI=1S/C15H23OS/c1-15(2,3)14-6-4-13(5-7-14)12-17-10-8-16-9-11-17/h4-7H,8-12H2,1-3H3/q+1. The van der Waals surface area contributed by atoms with Crippen molar-refractivity contribution in [2.24, 2.45) is 0 Å². The van der Waals surface area contributed by atoms with Gasteiger partial charge in [-0.3, -0.25) is 0 Å². The fourth-order valence-electron chi connectivity index (χ4n) is 2.04. The van der Waals surface area contributed by atoms with Crippen LogP contribution in [0.1, 0.15) is 31.9 Å². The number of benzene rings is 1. The average molecular weight is 251 g/mol. The molecule has 0 aromatic heterocycles. The van der Waals surface area contributed by atoms with Crippen LogP contribution in [0.3, 0.4) is 0 Å². The maximum atomic E-state index is 5.41. The van der Waals surface area contributed by atoms with Crippen molar-refractivity contribution in [2.45, 2.75) is 31.9 Å². The van der Waals surface area contributed by atoms with Crippen molar-refractivity contribution in [2.75, 3.05) is 24.7 Å². The second-order valence-electron chi connectivity index (χ2n) is 5.72. The van der Waals surface area contributed by atoms with E-state index in [1.165, 1.54) is 28.4 Å². The van der Waals surface area contributed by atoms with Gasteiger partial charge in [0.2, 0.25) is 0 Å². The third-order valence-corrected chi connectivity index (χ3v) is 5.45. The molecule has 0 atom stereocenters. The van der Waals surface area contributed by atoms with Crippen LogP contribution >= 0.6 is 0 Å². The van der Waals surface area contributed by atoms with Crippen molar-refractivity contribution in [3.8, 4) is 0 Å². The van der Waals surface area contributed by atoms with Gasteiger partial charge in [-0.25, -0.2) is 0 Å². The summed E-state index contributed by atoms with van der Waals surface area (Å²) in [4.78, 5) is 0. The molecule has 0 aliphatic carbocycles. The van der Waals surface area contributed by atoms with Crippen molar-refractivity contribution in [3.05, 3.63) is 35.4 Å². The number of hydrogen-bond acceptors (Lipinski definition) is 1. The fraction of sp³-hybridized carbons (Fsp3) is 0.600. The van der Waals surface area contributed by atoms with Gasteiger partial charge in [0.25, 0.3) is 0 Å². The second kappa shape index (κ2) is 5.45. The quantitative estimate of drug-likeness (QED) is 0.734. The van der Waals surface area contributed by atoms with Gasteiger partial charge in [0.15, 0.2) is 0 Å². The Balaban J connectivity index is 1.98. The number of rotatable bonds is 2. The minimum absolute atomic E-state index is 0.263. The van der Waals surface area contributed by atoms with E-state index in [0.29, 0.717) is 10.9 Å². The first-order valence-corrected chi connectivity index (χ1v) is 8.10. The van der Waals surface area contributed by atoms with E-state index in [1.807, 2.05) is 0 Å². The predicted octanol–water partition coefficient (Wildman–Crippen LogP) is 3.13. The summed E-state index contributed by atoms with van der Waals surface area (Å²) in [6.45, 7) is 8.72. The molecule has 2 rings (SSSR count). The van der Waals surface area contributed by atoms with E-state index in [0.717, 1.165) is 13.2 Å². The van der Waals surface area contributed by atoms with Crippen molar-refractivity contribution >= 4 is 10.9 Å². The third-order valence-electron chi connectivity index (χ3n) is 3.22. The molecule has 0 amide bonds. The maximum Gasteiger partial charge on any atom is 0.133 e. The molecule has 1 fully saturated rings. The Hall–Kier alpha value is -0.470. The molecule has 0 bridgehead atoms. The van der Waals surface area contributed by atoms with Crippen LogP contribution < -0.4 is 0 Å². The monoisotopic (exact) mass is 251 g/mol. The molecule has 1 aliphatic heterocycles. The van der Waals surface area contributed by atoms with E-state index >= 15 is 0 Å². The van der Waals surface area contributed by atoms with Crippen molar-refractivity contribution in [1.29, 1.82) is 0 Å². The Morgan fingerprint density at radius 1 is 1.06 bits per heavy atom. The van der Waals surface area contributed by atoms with E-state index in [1.54, 1.807) is 0 Å². The Labute approximate surface area is 108 Å². The van der Waals surface area contributed by atoms with Gasteiger partial charge in [-0.15, -0.1) is 0 Å². The molecule has 1 nitrogen and oxygen atoms in total. The van der Waals surface area contributed by atoms with Crippen LogP contribution in [0.25, 0.3) is 0 Å². The van der Waals surface area contributed by atoms with Gasteiger partial charge in [-0.1, -0.05) is 45.0 Å². The zero-order chi connectivity index (χ0) is 12.3. The zero-order valence-electron chi connectivity index (χ0n) is 11.2. The van der Waals surface area contributed by atoms with E-state index < -0.39 is 0 Å². The average Bonchev–Trinajstić information content (AvgIpc) is 2.30. The fourth-order valence-corrected chi connectivity index (χ4v) is 3.90. The molecule has 1 aliphatic rings. The first kappa shape index (κ1) is 13.0. The molecule has 1 heterocycles. The lowest BCUT2D eigenvalue weighted by Crippen LogP contribution is -2.27.